The maximum absolute atomic E-state index is 13.3. The molecule has 1 aromatic carbocycles. The smallest absolute Gasteiger partial charge is 0.266 e. The number of thiophene rings is 1. The first-order valence-electron chi connectivity index (χ1n) is 9.03. The van der Waals surface area contributed by atoms with Crippen molar-refractivity contribution in [3.8, 4) is 5.75 Å². The van der Waals surface area contributed by atoms with Crippen LogP contribution in [0.1, 0.15) is 39.2 Å². The number of phenols is 1. The molecule has 0 spiro atoms. The Morgan fingerprint density at radius 2 is 2.00 bits per heavy atom. The number of hydrogen-bond donors (Lipinski definition) is 1. The molecule has 4 aromatic rings. The van der Waals surface area contributed by atoms with Crippen molar-refractivity contribution < 1.29 is 9.90 Å². The monoisotopic (exact) mass is 410 g/mol. The summed E-state index contributed by atoms with van der Waals surface area (Å²) in [5, 5.41) is 10.9. The predicted octanol–water partition coefficient (Wildman–Crippen LogP) is 4.38. The van der Waals surface area contributed by atoms with Crippen molar-refractivity contribution in [1.82, 2.24) is 9.38 Å². The number of hydrogen-bond acceptors (Lipinski definition) is 5. The minimum absolute atomic E-state index is 0.114. The molecular weight excluding hydrogens is 396 g/mol. The van der Waals surface area contributed by atoms with E-state index in [1.54, 1.807) is 23.5 Å². The number of carbonyl (C=O) groups is 1. The third kappa shape index (κ3) is 2.56. The highest BCUT2D eigenvalue weighted by Crippen LogP contribution is 2.34. The third-order valence-corrected chi connectivity index (χ3v) is 6.66. The lowest BCUT2D eigenvalue weighted by molar-refractivity contribution is 0.103. The van der Waals surface area contributed by atoms with Gasteiger partial charge in [-0.05, 0) is 49.4 Å². The molecule has 0 fully saturated rings. The van der Waals surface area contributed by atoms with E-state index in [4.69, 9.17) is 11.6 Å². The minimum atomic E-state index is -0.402. The summed E-state index contributed by atoms with van der Waals surface area (Å²) < 4.78 is 1.36. The Labute approximate surface area is 168 Å². The zero-order valence-electron chi connectivity index (χ0n) is 14.7. The van der Waals surface area contributed by atoms with Crippen LogP contribution in [-0.2, 0) is 12.8 Å². The van der Waals surface area contributed by atoms with Crippen molar-refractivity contribution in [3.05, 3.63) is 73.5 Å². The van der Waals surface area contributed by atoms with Gasteiger partial charge < -0.3 is 5.11 Å². The van der Waals surface area contributed by atoms with Gasteiger partial charge in [-0.1, -0.05) is 23.7 Å². The van der Waals surface area contributed by atoms with Gasteiger partial charge in [0.25, 0.3) is 5.56 Å². The number of phenolic OH excluding ortho intramolecular Hbond substituents is 1. The second-order valence-electron chi connectivity index (χ2n) is 6.92. The minimum Gasteiger partial charge on any atom is -0.507 e. The number of aryl methyl sites for hydroxylation is 2. The molecule has 0 bridgehead atoms. The molecule has 28 heavy (non-hydrogen) atoms. The van der Waals surface area contributed by atoms with Gasteiger partial charge in [0.2, 0.25) is 0 Å². The van der Waals surface area contributed by atoms with Crippen LogP contribution >= 0.6 is 22.9 Å². The maximum atomic E-state index is 13.3. The molecule has 7 heteroatoms. The first-order chi connectivity index (χ1) is 13.5. The second kappa shape index (κ2) is 6.43. The van der Waals surface area contributed by atoms with E-state index in [-0.39, 0.29) is 27.5 Å². The summed E-state index contributed by atoms with van der Waals surface area (Å²) in [6.45, 7) is 0. The number of aromatic hydroxyl groups is 1. The van der Waals surface area contributed by atoms with Crippen LogP contribution in [0.3, 0.4) is 0 Å². The normalized spacial score (nSPS) is 13.8. The van der Waals surface area contributed by atoms with Gasteiger partial charge in [-0.25, -0.2) is 4.98 Å². The van der Waals surface area contributed by atoms with Gasteiger partial charge in [0.15, 0.2) is 11.4 Å². The molecule has 5 rings (SSSR count). The third-order valence-electron chi connectivity index (χ3n) is 5.20. The number of aromatic nitrogens is 2. The van der Waals surface area contributed by atoms with E-state index in [0.29, 0.717) is 15.9 Å². The first kappa shape index (κ1) is 17.4. The molecule has 3 heterocycles. The highest BCUT2D eigenvalue weighted by atomic mass is 35.5. The van der Waals surface area contributed by atoms with Crippen molar-refractivity contribution in [1.29, 1.82) is 0 Å². The van der Waals surface area contributed by atoms with Gasteiger partial charge in [0.05, 0.1) is 16.0 Å². The van der Waals surface area contributed by atoms with E-state index in [0.717, 1.165) is 31.2 Å². The zero-order valence-corrected chi connectivity index (χ0v) is 16.3. The van der Waals surface area contributed by atoms with Gasteiger partial charge in [-0.15, -0.1) is 11.3 Å². The molecule has 1 N–H and O–H groups in total. The topological polar surface area (TPSA) is 71.7 Å². The fourth-order valence-corrected chi connectivity index (χ4v) is 5.33. The van der Waals surface area contributed by atoms with Gasteiger partial charge in [-0.2, -0.15) is 0 Å². The molecule has 140 valence electrons. The number of para-hydroxylation sites is 1. The van der Waals surface area contributed by atoms with Crippen LogP contribution in [0, 0.1) is 0 Å². The van der Waals surface area contributed by atoms with Gasteiger partial charge >= 0.3 is 0 Å². The summed E-state index contributed by atoms with van der Waals surface area (Å²) in [5.74, 6) is -0.516. The molecule has 0 unspecified atom stereocenters. The van der Waals surface area contributed by atoms with E-state index in [2.05, 4.69) is 4.98 Å². The first-order valence-corrected chi connectivity index (χ1v) is 10.2. The van der Waals surface area contributed by atoms with Crippen molar-refractivity contribution in [2.45, 2.75) is 25.7 Å². The highest BCUT2D eigenvalue weighted by Gasteiger charge is 2.22. The van der Waals surface area contributed by atoms with E-state index < -0.39 is 5.78 Å². The van der Waals surface area contributed by atoms with Crippen LogP contribution < -0.4 is 5.56 Å². The van der Waals surface area contributed by atoms with E-state index in [1.807, 2.05) is 0 Å². The number of ketones is 1. The van der Waals surface area contributed by atoms with E-state index in [1.165, 1.54) is 33.7 Å². The van der Waals surface area contributed by atoms with Crippen molar-refractivity contribution >= 4 is 44.6 Å². The average Bonchev–Trinajstić information content (AvgIpc) is 3.07. The molecule has 3 aromatic heterocycles. The predicted molar refractivity (Wildman–Crippen MR) is 110 cm³/mol. The van der Waals surface area contributed by atoms with Crippen molar-refractivity contribution in [3.63, 3.8) is 0 Å². The molecule has 0 radical (unpaired) electrons. The number of nitrogens with zero attached hydrogens (tertiary/aromatic N) is 2. The molecule has 0 saturated carbocycles. The quantitative estimate of drug-likeness (QED) is 0.498. The second-order valence-corrected chi connectivity index (χ2v) is 8.42. The Bertz CT molecular complexity index is 1340. The molecule has 1 aliphatic rings. The Kier molecular flexibility index (Phi) is 4.00. The number of benzene rings is 1. The van der Waals surface area contributed by atoms with E-state index >= 15 is 0 Å². The standard InChI is InChI=1S/C21H15ClN2O3S/c22-14-9-11(18(26)12-5-1-3-7-15(12)25)10-24-19(14)23-20-17(21(24)27)13-6-2-4-8-16(13)28-20/h1,3,5,7,9-10,25H,2,4,6,8H2. The van der Waals surface area contributed by atoms with Crippen LogP contribution in [0.25, 0.3) is 15.9 Å². The number of halogens is 1. The lowest BCUT2D eigenvalue weighted by Gasteiger charge is -2.10. The summed E-state index contributed by atoms with van der Waals surface area (Å²) in [5.41, 5.74) is 1.62. The summed E-state index contributed by atoms with van der Waals surface area (Å²) >= 11 is 7.96. The van der Waals surface area contributed by atoms with Crippen LogP contribution in [-0.4, -0.2) is 20.3 Å². The van der Waals surface area contributed by atoms with Gasteiger partial charge in [-0.3, -0.25) is 14.0 Å². The SMILES string of the molecule is O=C(c1cc(Cl)c2nc3sc4c(c3c(=O)n2c1)CCCC4)c1ccccc1O. The summed E-state index contributed by atoms with van der Waals surface area (Å²) in [6.07, 6.45) is 5.51. The lowest BCUT2D eigenvalue weighted by atomic mass is 9.97. The number of carbonyl (C=O) groups excluding carboxylic acids is 1. The molecule has 0 saturated heterocycles. The average molecular weight is 411 g/mol. The Morgan fingerprint density at radius 3 is 2.82 bits per heavy atom. The maximum Gasteiger partial charge on any atom is 0.266 e. The number of pyridine rings is 1. The van der Waals surface area contributed by atoms with Crippen LogP contribution in [0.5, 0.6) is 5.75 Å². The summed E-state index contributed by atoms with van der Waals surface area (Å²) in [4.78, 5) is 32.7. The fraction of sp³-hybridized carbons (Fsp3) is 0.190. The molecule has 0 atom stereocenters. The number of rotatable bonds is 2. The zero-order chi connectivity index (χ0) is 19.4. The Morgan fingerprint density at radius 1 is 1.21 bits per heavy atom. The fourth-order valence-electron chi connectivity index (χ4n) is 3.83. The largest absolute Gasteiger partial charge is 0.507 e. The van der Waals surface area contributed by atoms with E-state index in [9.17, 15) is 14.7 Å². The molecule has 0 aliphatic heterocycles. The summed E-state index contributed by atoms with van der Waals surface area (Å²) in [7, 11) is 0. The Balaban J connectivity index is 1.77. The summed E-state index contributed by atoms with van der Waals surface area (Å²) in [6, 6.07) is 7.80. The Hall–Kier alpha value is -2.70. The van der Waals surface area contributed by atoms with Gasteiger partial charge in [0, 0.05) is 16.6 Å². The van der Waals surface area contributed by atoms with Crippen LogP contribution in [0.4, 0.5) is 0 Å². The van der Waals surface area contributed by atoms with Crippen molar-refractivity contribution in [2.24, 2.45) is 0 Å². The molecule has 0 amide bonds. The van der Waals surface area contributed by atoms with Gasteiger partial charge in [0.1, 0.15) is 10.6 Å². The number of fused-ring (bicyclic) bond motifs is 4. The molecule has 5 nitrogen and oxygen atoms in total. The van der Waals surface area contributed by atoms with Crippen LogP contribution in [0.2, 0.25) is 5.02 Å². The van der Waals surface area contributed by atoms with Crippen molar-refractivity contribution in [2.75, 3.05) is 0 Å². The molecule has 1 aliphatic carbocycles. The highest BCUT2D eigenvalue weighted by molar-refractivity contribution is 7.18. The molecular formula is C21H15ClN2O3S. The van der Waals surface area contributed by atoms with Crippen LogP contribution in [0.15, 0.2) is 41.3 Å². The lowest BCUT2D eigenvalue weighted by Crippen LogP contribution is -2.18.